The summed E-state index contributed by atoms with van der Waals surface area (Å²) < 4.78 is 0. The second kappa shape index (κ2) is 13.8. The van der Waals surface area contributed by atoms with Crippen molar-refractivity contribution in [3.05, 3.63) is 0 Å². The quantitative estimate of drug-likeness (QED) is 0.197. The average Bonchev–Trinajstić information content (AvgIpc) is 2.63. The molecule has 0 bridgehead atoms. The van der Waals surface area contributed by atoms with Crippen LogP contribution in [-0.2, 0) is 24.0 Å². The lowest BCUT2D eigenvalue weighted by molar-refractivity contribution is -0.143. The Morgan fingerprint density at radius 2 is 1.43 bits per heavy atom. The van der Waals surface area contributed by atoms with Gasteiger partial charge < -0.3 is 31.9 Å². The molecule has 0 rings (SSSR count). The van der Waals surface area contributed by atoms with Gasteiger partial charge >= 0.3 is 11.9 Å². The molecule has 0 aromatic heterocycles. The van der Waals surface area contributed by atoms with Gasteiger partial charge in [0.25, 0.3) is 0 Å². The molecule has 0 aliphatic carbocycles. The summed E-state index contributed by atoms with van der Waals surface area (Å²) in [5, 5.41) is 25.0. The summed E-state index contributed by atoms with van der Waals surface area (Å²) in [6.45, 7) is 4.88. The first-order valence-corrected chi connectivity index (χ1v) is 10.9. The molecule has 11 nitrogen and oxygen atoms in total. The number of carboxylic acids is 2. The summed E-state index contributed by atoms with van der Waals surface area (Å²) in [5.41, 5.74) is 5.76. The molecule has 0 spiro atoms. The summed E-state index contributed by atoms with van der Waals surface area (Å²) in [4.78, 5) is 59.4. The van der Waals surface area contributed by atoms with E-state index in [4.69, 9.17) is 15.9 Å². The second-order valence-electron chi connectivity index (χ2n) is 7.31. The number of rotatable bonds is 14. The topological polar surface area (TPSA) is 188 Å². The van der Waals surface area contributed by atoms with E-state index in [9.17, 15) is 24.0 Å². The van der Waals surface area contributed by atoms with Gasteiger partial charge in [0.15, 0.2) is 0 Å². The number of aliphatic carboxylic acids is 2. The first-order valence-electron chi connectivity index (χ1n) is 9.49. The lowest BCUT2D eigenvalue weighted by atomic mass is 10.0. The van der Waals surface area contributed by atoms with Gasteiger partial charge in [-0.1, -0.05) is 13.8 Å². The number of hydrogen-bond acceptors (Lipinski definition) is 7. The number of nitrogens with two attached hydrogens (primary N) is 1. The van der Waals surface area contributed by atoms with Gasteiger partial charge in [-0.2, -0.15) is 11.8 Å². The van der Waals surface area contributed by atoms with Crippen molar-refractivity contribution in [2.45, 2.75) is 64.2 Å². The van der Waals surface area contributed by atoms with Crippen LogP contribution in [0.15, 0.2) is 0 Å². The molecule has 0 aromatic rings. The van der Waals surface area contributed by atoms with Gasteiger partial charge in [0.05, 0.1) is 12.5 Å². The van der Waals surface area contributed by atoms with E-state index in [1.165, 1.54) is 18.7 Å². The van der Waals surface area contributed by atoms with Crippen molar-refractivity contribution in [1.29, 1.82) is 0 Å². The molecular weight excluding hydrogens is 416 g/mol. The van der Waals surface area contributed by atoms with Crippen LogP contribution in [0.5, 0.6) is 0 Å². The highest BCUT2D eigenvalue weighted by molar-refractivity contribution is 7.98. The monoisotopic (exact) mass is 448 g/mol. The Balaban J connectivity index is 5.31. The molecule has 0 saturated heterocycles. The molecule has 0 aliphatic rings. The minimum atomic E-state index is -1.44. The highest BCUT2D eigenvalue weighted by Crippen LogP contribution is 2.07. The average molecular weight is 449 g/mol. The van der Waals surface area contributed by atoms with Crippen LogP contribution in [0, 0.1) is 5.92 Å². The van der Waals surface area contributed by atoms with Crippen molar-refractivity contribution in [2.75, 3.05) is 12.0 Å². The molecule has 30 heavy (non-hydrogen) atoms. The summed E-state index contributed by atoms with van der Waals surface area (Å²) >= 11 is 1.49. The molecule has 4 atom stereocenters. The van der Waals surface area contributed by atoms with E-state index >= 15 is 0 Å². The summed E-state index contributed by atoms with van der Waals surface area (Å²) in [7, 11) is 0. The molecule has 12 heteroatoms. The number of thioether (sulfide) groups is 1. The van der Waals surface area contributed by atoms with Gasteiger partial charge in [0.1, 0.15) is 18.1 Å². The van der Waals surface area contributed by atoms with E-state index < -0.39 is 60.2 Å². The molecule has 0 aliphatic heterocycles. The Morgan fingerprint density at radius 3 is 1.90 bits per heavy atom. The van der Waals surface area contributed by atoms with E-state index in [1.54, 1.807) is 13.8 Å². The molecule has 4 unspecified atom stereocenters. The van der Waals surface area contributed by atoms with E-state index in [2.05, 4.69) is 16.0 Å². The van der Waals surface area contributed by atoms with Crippen LogP contribution in [0.1, 0.15) is 40.0 Å². The number of carboxylic acid groups (broad SMARTS) is 2. The molecular formula is C18H32N4O7S. The third kappa shape index (κ3) is 11.0. The minimum absolute atomic E-state index is 0.0336. The van der Waals surface area contributed by atoms with Gasteiger partial charge in [0, 0.05) is 0 Å². The lowest BCUT2D eigenvalue weighted by Crippen LogP contribution is -2.57. The largest absolute Gasteiger partial charge is 0.481 e. The van der Waals surface area contributed by atoms with Crippen molar-refractivity contribution in [1.82, 2.24) is 16.0 Å². The van der Waals surface area contributed by atoms with Gasteiger partial charge in [-0.25, -0.2) is 0 Å². The first-order chi connectivity index (χ1) is 13.9. The summed E-state index contributed by atoms with van der Waals surface area (Å²) in [6, 6.07) is -4.62. The Kier molecular flexibility index (Phi) is 12.7. The van der Waals surface area contributed by atoms with Gasteiger partial charge in [0.2, 0.25) is 17.7 Å². The molecule has 0 radical (unpaired) electrons. The SMILES string of the molecule is CSCCC(N)C(=O)NC(CC(=O)O)C(=O)NC(CC(C)C)C(=O)NC(C)C(=O)O. The maximum atomic E-state index is 12.6. The highest BCUT2D eigenvalue weighted by Gasteiger charge is 2.30. The zero-order chi connectivity index (χ0) is 23.4. The van der Waals surface area contributed by atoms with Crippen molar-refractivity contribution < 1.29 is 34.2 Å². The molecule has 0 fully saturated rings. The number of carbonyl (C=O) groups is 5. The Hall–Kier alpha value is -2.34. The minimum Gasteiger partial charge on any atom is -0.481 e. The van der Waals surface area contributed by atoms with Crippen molar-refractivity contribution in [2.24, 2.45) is 11.7 Å². The number of nitrogens with one attached hydrogen (secondary N) is 3. The Bertz CT molecular complexity index is 630. The van der Waals surface area contributed by atoms with Crippen LogP contribution < -0.4 is 21.7 Å². The summed E-state index contributed by atoms with van der Waals surface area (Å²) in [6.07, 6.45) is 1.68. The smallest absolute Gasteiger partial charge is 0.325 e. The van der Waals surface area contributed by atoms with Crippen molar-refractivity contribution >= 4 is 41.4 Å². The van der Waals surface area contributed by atoms with Gasteiger partial charge in [-0.05, 0) is 37.7 Å². The molecule has 0 aromatic carbocycles. The normalized spacial score (nSPS) is 14.9. The number of hydrogen-bond donors (Lipinski definition) is 6. The van der Waals surface area contributed by atoms with Gasteiger partial charge in [-0.3, -0.25) is 24.0 Å². The Labute approximate surface area is 179 Å². The maximum Gasteiger partial charge on any atom is 0.325 e. The third-order valence-electron chi connectivity index (χ3n) is 4.05. The maximum absolute atomic E-state index is 12.6. The molecule has 0 saturated carbocycles. The Morgan fingerprint density at radius 1 is 0.900 bits per heavy atom. The molecule has 7 N–H and O–H groups in total. The lowest BCUT2D eigenvalue weighted by Gasteiger charge is -2.25. The predicted molar refractivity (Wildman–Crippen MR) is 112 cm³/mol. The van der Waals surface area contributed by atoms with Crippen LogP contribution >= 0.6 is 11.8 Å². The predicted octanol–water partition coefficient (Wildman–Crippen LogP) is -0.853. The molecule has 172 valence electrons. The van der Waals surface area contributed by atoms with Crippen LogP contribution in [-0.4, -0.2) is 76.0 Å². The molecule has 0 heterocycles. The standard InChI is InChI=1S/C18H32N4O7S/c1-9(2)7-12(16(26)20-10(3)18(28)29)22-17(27)13(8-14(23)24)21-15(25)11(19)5-6-30-4/h9-13H,5-8,19H2,1-4H3,(H,20,26)(H,21,25)(H,22,27)(H,23,24)(H,28,29). The molecule has 3 amide bonds. The highest BCUT2D eigenvalue weighted by atomic mass is 32.2. The van der Waals surface area contributed by atoms with Crippen LogP contribution in [0.2, 0.25) is 0 Å². The van der Waals surface area contributed by atoms with E-state index in [0.717, 1.165) is 0 Å². The van der Waals surface area contributed by atoms with Crippen LogP contribution in [0.4, 0.5) is 0 Å². The zero-order valence-electron chi connectivity index (χ0n) is 17.6. The van der Waals surface area contributed by atoms with Crippen LogP contribution in [0.25, 0.3) is 0 Å². The third-order valence-corrected chi connectivity index (χ3v) is 4.69. The van der Waals surface area contributed by atoms with E-state index in [1.807, 2.05) is 6.26 Å². The second-order valence-corrected chi connectivity index (χ2v) is 8.29. The fourth-order valence-electron chi connectivity index (χ4n) is 2.39. The number of amides is 3. The zero-order valence-corrected chi connectivity index (χ0v) is 18.5. The fourth-order valence-corrected chi connectivity index (χ4v) is 2.88. The van der Waals surface area contributed by atoms with E-state index in [-0.39, 0.29) is 12.3 Å². The van der Waals surface area contributed by atoms with Gasteiger partial charge in [-0.15, -0.1) is 0 Å². The summed E-state index contributed by atoms with van der Waals surface area (Å²) in [5.74, 6) is -4.24. The van der Waals surface area contributed by atoms with E-state index in [0.29, 0.717) is 12.2 Å². The van der Waals surface area contributed by atoms with Crippen molar-refractivity contribution in [3.8, 4) is 0 Å². The van der Waals surface area contributed by atoms with Crippen LogP contribution in [0.3, 0.4) is 0 Å². The number of carbonyl (C=O) groups excluding carboxylic acids is 3. The first kappa shape index (κ1) is 27.7. The fraction of sp³-hybridized carbons (Fsp3) is 0.722. The van der Waals surface area contributed by atoms with Crippen molar-refractivity contribution in [3.63, 3.8) is 0 Å².